The van der Waals surface area contributed by atoms with Crippen molar-refractivity contribution in [1.82, 2.24) is 5.32 Å². The lowest BCUT2D eigenvalue weighted by atomic mass is 10.1. The van der Waals surface area contributed by atoms with Crippen LogP contribution in [0.1, 0.15) is 31.2 Å². The number of hydrogen-bond donors (Lipinski definition) is 2. The largest absolute Gasteiger partial charge is 0.391 e. The Morgan fingerprint density at radius 1 is 1.32 bits per heavy atom. The van der Waals surface area contributed by atoms with Gasteiger partial charge in [0.2, 0.25) is 0 Å². The Morgan fingerprint density at radius 2 is 2.16 bits per heavy atom. The molecule has 0 spiro atoms. The summed E-state index contributed by atoms with van der Waals surface area (Å²) in [5.41, 5.74) is 2.52. The van der Waals surface area contributed by atoms with Crippen LogP contribution in [-0.4, -0.2) is 30.3 Å². The molecule has 1 saturated carbocycles. The number of rotatable bonds is 4. The predicted molar refractivity (Wildman–Crippen MR) is 81.5 cm³/mol. The number of aliphatic hydroxyl groups excluding tert-OH is 1. The van der Waals surface area contributed by atoms with Gasteiger partial charge in [0, 0.05) is 35.8 Å². The van der Waals surface area contributed by atoms with Gasteiger partial charge in [-0.1, -0.05) is 22.0 Å². The molecule has 1 saturated heterocycles. The molecule has 2 N–H and O–H groups in total. The highest BCUT2D eigenvalue weighted by Crippen LogP contribution is 2.27. The van der Waals surface area contributed by atoms with E-state index in [0.717, 1.165) is 38.5 Å². The topological polar surface area (TPSA) is 35.5 Å². The molecule has 0 amide bonds. The van der Waals surface area contributed by atoms with E-state index in [9.17, 15) is 5.11 Å². The molecule has 2 fully saturated rings. The highest BCUT2D eigenvalue weighted by molar-refractivity contribution is 9.10. The zero-order valence-corrected chi connectivity index (χ0v) is 12.7. The normalized spacial score (nSPS) is 23.7. The van der Waals surface area contributed by atoms with E-state index in [2.05, 4.69) is 44.3 Å². The zero-order chi connectivity index (χ0) is 13.2. The molecule has 1 aliphatic heterocycles. The number of nitrogens with zero attached hydrogens (tertiary/aromatic N) is 1. The fourth-order valence-corrected chi connectivity index (χ4v) is 3.11. The first-order chi connectivity index (χ1) is 9.22. The Balaban J connectivity index is 1.67. The highest BCUT2D eigenvalue weighted by atomic mass is 79.9. The molecule has 1 aromatic rings. The first kappa shape index (κ1) is 13.4. The van der Waals surface area contributed by atoms with E-state index in [0.29, 0.717) is 0 Å². The van der Waals surface area contributed by atoms with Gasteiger partial charge < -0.3 is 15.3 Å². The molecule has 4 heteroatoms. The SMILES string of the molecule is OC1CCCN(c2ccc(CNC3CC3)c(Br)c2)C1. The molecule has 1 aliphatic carbocycles. The summed E-state index contributed by atoms with van der Waals surface area (Å²) in [6.07, 6.45) is 4.47. The standard InChI is InChI=1S/C15H21BrN2O/c16-15-8-13(18-7-1-2-14(19)10-18)6-3-11(15)9-17-12-4-5-12/h3,6,8,12,14,17,19H,1-2,4-5,7,9-10H2. The summed E-state index contributed by atoms with van der Waals surface area (Å²) >= 11 is 3.67. The van der Waals surface area contributed by atoms with Crippen LogP contribution in [-0.2, 0) is 6.54 Å². The van der Waals surface area contributed by atoms with Gasteiger partial charge in [0.05, 0.1) is 6.10 Å². The lowest BCUT2D eigenvalue weighted by molar-refractivity contribution is 0.154. The fraction of sp³-hybridized carbons (Fsp3) is 0.600. The van der Waals surface area contributed by atoms with Crippen molar-refractivity contribution in [1.29, 1.82) is 0 Å². The van der Waals surface area contributed by atoms with E-state index >= 15 is 0 Å². The second-order valence-corrected chi connectivity index (χ2v) is 6.53. The summed E-state index contributed by atoms with van der Waals surface area (Å²) < 4.78 is 1.17. The average molecular weight is 325 g/mol. The number of benzene rings is 1. The summed E-state index contributed by atoms with van der Waals surface area (Å²) in [6.45, 7) is 2.74. The van der Waals surface area contributed by atoms with Crippen LogP contribution in [0.3, 0.4) is 0 Å². The van der Waals surface area contributed by atoms with Gasteiger partial charge in [-0.25, -0.2) is 0 Å². The molecular weight excluding hydrogens is 304 g/mol. The van der Waals surface area contributed by atoms with Crippen LogP contribution in [0.5, 0.6) is 0 Å². The van der Waals surface area contributed by atoms with Crippen LogP contribution >= 0.6 is 15.9 Å². The van der Waals surface area contributed by atoms with Crippen LogP contribution < -0.4 is 10.2 Å². The first-order valence-electron chi connectivity index (χ1n) is 7.17. The van der Waals surface area contributed by atoms with Crippen molar-refractivity contribution in [2.45, 2.75) is 44.4 Å². The van der Waals surface area contributed by atoms with Crippen molar-refractivity contribution < 1.29 is 5.11 Å². The zero-order valence-electron chi connectivity index (χ0n) is 11.1. The molecule has 2 aliphatic rings. The maximum absolute atomic E-state index is 9.75. The smallest absolute Gasteiger partial charge is 0.0715 e. The number of halogens is 1. The average Bonchev–Trinajstić information content (AvgIpc) is 3.21. The van der Waals surface area contributed by atoms with Gasteiger partial charge in [-0.2, -0.15) is 0 Å². The predicted octanol–water partition coefficient (Wildman–Crippen LogP) is 2.66. The van der Waals surface area contributed by atoms with E-state index < -0.39 is 0 Å². The highest BCUT2D eigenvalue weighted by Gasteiger charge is 2.21. The van der Waals surface area contributed by atoms with Crippen LogP contribution in [0.4, 0.5) is 5.69 Å². The van der Waals surface area contributed by atoms with E-state index in [1.54, 1.807) is 0 Å². The third-order valence-corrected chi connectivity index (χ3v) is 4.70. The molecule has 1 heterocycles. The third-order valence-electron chi connectivity index (χ3n) is 3.96. The van der Waals surface area contributed by atoms with Crippen molar-refractivity contribution in [3.05, 3.63) is 28.2 Å². The van der Waals surface area contributed by atoms with Gasteiger partial charge in [-0.05, 0) is 43.4 Å². The molecule has 0 bridgehead atoms. The number of hydrogen-bond acceptors (Lipinski definition) is 3. The summed E-state index contributed by atoms with van der Waals surface area (Å²) in [4.78, 5) is 2.27. The van der Waals surface area contributed by atoms with Gasteiger partial charge in [0.1, 0.15) is 0 Å². The molecule has 19 heavy (non-hydrogen) atoms. The molecule has 3 rings (SSSR count). The van der Waals surface area contributed by atoms with Crippen molar-refractivity contribution in [3.63, 3.8) is 0 Å². The Hall–Kier alpha value is -0.580. The molecule has 0 aromatic heterocycles. The molecular formula is C15H21BrN2O. The van der Waals surface area contributed by atoms with E-state index in [-0.39, 0.29) is 6.10 Å². The van der Waals surface area contributed by atoms with Gasteiger partial charge in [-0.15, -0.1) is 0 Å². The maximum Gasteiger partial charge on any atom is 0.0715 e. The molecule has 3 nitrogen and oxygen atoms in total. The summed E-state index contributed by atoms with van der Waals surface area (Å²) in [6, 6.07) is 7.29. The van der Waals surface area contributed by atoms with Crippen molar-refractivity contribution in [3.8, 4) is 0 Å². The minimum Gasteiger partial charge on any atom is -0.391 e. The Morgan fingerprint density at radius 3 is 2.84 bits per heavy atom. The monoisotopic (exact) mass is 324 g/mol. The van der Waals surface area contributed by atoms with Gasteiger partial charge in [0.25, 0.3) is 0 Å². The summed E-state index contributed by atoms with van der Waals surface area (Å²) in [7, 11) is 0. The number of piperidine rings is 1. The number of aliphatic hydroxyl groups is 1. The van der Waals surface area contributed by atoms with E-state index in [1.165, 1.54) is 28.6 Å². The Bertz CT molecular complexity index is 448. The number of nitrogens with one attached hydrogen (secondary N) is 1. The first-order valence-corrected chi connectivity index (χ1v) is 7.96. The van der Waals surface area contributed by atoms with Crippen molar-refractivity contribution in [2.24, 2.45) is 0 Å². The maximum atomic E-state index is 9.75. The molecule has 1 unspecified atom stereocenters. The van der Waals surface area contributed by atoms with Crippen molar-refractivity contribution >= 4 is 21.6 Å². The molecule has 0 radical (unpaired) electrons. The quantitative estimate of drug-likeness (QED) is 0.893. The second-order valence-electron chi connectivity index (χ2n) is 5.67. The van der Waals surface area contributed by atoms with Gasteiger partial charge >= 0.3 is 0 Å². The van der Waals surface area contributed by atoms with Crippen LogP contribution in [0, 0.1) is 0 Å². The molecule has 1 aromatic carbocycles. The molecule has 1 atom stereocenters. The summed E-state index contributed by atoms with van der Waals surface area (Å²) in [5, 5.41) is 13.3. The Labute approximate surface area is 123 Å². The van der Waals surface area contributed by atoms with Gasteiger partial charge in [-0.3, -0.25) is 0 Å². The van der Waals surface area contributed by atoms with Gasteiger partial charge in [0.15, 0.2) is 0 Å². The molecule has 104 valence electrons. The van der Waals surface area contributed by atoms with Crippen LogP contribution in [0.15, 0.2) is 22.7 Å². The lowest BCUT2D eigenvalue weighted by Crippen LogP contribution is -2.38. The minimum atomic E-state index is -0.177. The van der Waals surface area contributed by atoms with E-state index in [1.807, 2.05) is 0 Å². The fourth-order valence-electron chi connectivity index (χ4n) is 2.61. The number of β-amino-alcohol motifs (C(OH)–C–C–N with tert-alkyl or cyclic N) is 1. The Kier molecular flexibility index (Phi) is 4.10. The third kappa shape index (κ3) is 3.50. The minimum absolute atomic E-state index is 0.177. The van der Waals surface area contributed by atoms with E-state index in [4.69, 9.17) is 0 Å². The lowest BCUT2D eigenvalue weighted by Gasteiger charge is -2.32. The van der Waals surface area contributed by atoms with Crippen LogP contribution in [0.2, 0.25) is 0 Å². The summed E-state index contributed by atoms with van der Waals surface area (Å²) in [5.74, 6) is 0. The second kappa shape index (κ2) is 5.81. The number of anilines is 1. The van der Waals surface area contributed by atoms with Crippen LogP contribution in [0.25, 0.3) is 0 Å². The van der Waals surface area contributed by atoms with Crippen molar-refractivity contribution in [2.75, 3.05) is 18.0 Å².